The van der Waals surface area contributed by atoms with Gasteiger partial charge in [0.1, 0.15) is 5.82 Å². The predicted octanol–water partition coefficient (Wildman–Crippen LogP) is 11.5. The molecule has 1 aliphatic heterocycles. The van der Waals surface area contributed by atoms with Crippen molar-refractivity contribution in [3.8, 4) is 5.75 Å². The van der Waals surface area contributed by atoms with Crippen molar-refractivity contribution in [1.29, 1.82) is 0 Å². The van der Waals surface area contributed by atoms with Crippen molar-refractivity contribution in [2.75, 3.05) is 13.2 Å². The maximum atomic E-state index is 15.3. The van der Waals surface area contributed by atoms with E-state index in [1.807, 2.05) is 12.1 Å². The summed E-state index contributed by atoms with van der Waals surface area (Å²) in [7, 11) is 0. The van der Waals surface area contributed by atoms with E-state index in [4.69, 9.17) is 14.2 Å². The van der Waals surface area contributed by atoms with E-state index in [-0.39, 0.29) is 11.7 Å². The molecule has 0 atom stereocenters. The van der Waals surface area contributed by atoms with Crippen LogP contribution in [0, 0.1) is 29.4 Å². The molecule has 0 bridgehead atoms. The molecule has 3 aliphatic rings. The SMILES string of the molecule is CCCCCCCC1COC(c2ccc(C3CCC(C4CCC(OC(F)(F)c5ccc(OC(F)(F)F)c(F)c5)CC4)CC3)c(F)c2)OC1. The van der Waals surface area contributed by atoms with Crippen LogP contribution in [0.3, 0.4) is 0 Å². The molecular formula is C37H47F7O4. The van der Waals surface area contributed by atoms with Gasteiger partial charge in [0.05, 0.1) is 24.9 Å². The average molecular weight is 689 g/mol. The molecule has 0 amide bonds. The number of hydrogen-bond donors (Lipinski definition) is 0. The number of hydrogen-bond acceptors (Lipinski definition) is 4. The van der Waals surface area contributed by atoms with Crippen LogP contribution in [0.2, 0.25) is 0 Å². The van der Waals surface area contributed by atoms with Crippen LogP contribution >= 0.6 is 0 Å². The molecule has 1 saturated heterocycles. The Hall–Kier alpha value is -2.37. The summed E-state index contributed by atoms with van der Waals surface area (Å²) >= 11 is 0. The van der Waals surface area contributed by atoms with Crippen LogP contribution in [-0.4, -0.2) is 25.7 Å². The van der Waals surface area contributed by atoms with Gasteiger partial charge in [-0.3, -0.25) is 0 Å². The smallest absolute Gasteiger partial charge is 0.403 e. The minimum Gasteiger partial charge on any atom is -0.403 e. The fourth-order valence-corrected chi connectivity index (χ4v) is 7.71. The Morgan fingerprint density at radius 2 is 1.38 bits per heavy atom. The topological polar surface area (TPSA) is 36.9 Å². The minimum absolute atomic E-state index is 0.118. The first-order chi connectivity index (χ1) is 22.9. The zero-order valence-electron chi connectivity index (χ0n) is 27.5. The van der Waals surface area contributed by atoms with Crippen LogP contribution < -0.4 is 4.74 Å². The number of halogens is 7. The molecule has 2 aromatic rings. The van der Waals surface area contributed by atoms with Crippen molar-refractivity contribution >= 4 is 0 Å². The second-order valence-electron chi connectivity index (χ2n) is 13.8. The van der Waals surface area contributed by atoms with E-state index in [1.165, 1.54) is 32.1 Å². The van der Waals surface area contributed by atoms with Gasteiger partial charge in [-0.05, 0) is 105 Å². The summed E-state index contributed by atoms with van der Waals surface area (Å²) in [5.41, 5.74) is 0.548. The highest BCUT2D eigenvalue weighted by molar-refractivity contribution is 5.31. The van der Waals surface area contributed by atoms with Crippen molar-refractivity contribution in [3.63, 3.8) is 0 Å². The summed E-state index contributed by atoms with van der Waals surface area (Å²) in [6, 6.07) is 6.84. The molecule has 11 heteroatoms. The zero-order chi connectivity index (χ0) is 34.3. The molecule has 3 fully saturated rings. The third kappa shape index (κ3) is 10.1. The van der Waals surface area contributed by atoms with Crippen molar-refractivity contribution in [1.82, 2.24) is 0 Å². The van der Waals surface area contributed by atoms with Crippen molar-refractivity contribution in [2.24, 2.45) is 17.8 Å². The fraction of sp³-hybridized carbons (Fsp3) is 0.676. The van der Waals surface area contributed by atoms with Gasteiger partial charge in [-0.1, -0.05) is 51.2 Å². The van der Waals surface area contributed by atoms with Gasteiger partial charge in [0.15, 0.2) is 17.9 Å². The molecule has 0 spiro atoms. The molecule has 48 heavy (non-hydrogen) atoms. The highest BCUT2D eigenvalue weighted by Gasteiger charge is 2.40. The van der Waals surface area contributed by atoms with E-state index >= 15 is 4.39 Å². The molecule has 0 N–H and O–H groups in total. The quantitative estimate of drug-likeness (QED) is 0.155. The average Bonchev–Trinajstić information content (AvgIpc) is 3.05. The van der Waals surface area contributed by atoms with Gasteiger partial charge >= 0.3 is 12.5 Å². The maximum Gasteiger partial charge on any atom is 0.573 e. The van der Waals surface area contributed by atoms with E-state index in [0.29, 0.717) is 86.0 Å². The number of rotatable bonds is 13. The Balaban J connectivity index is 1.04. The van der Waals surface area contributed by atoms with Crippen LogP contribution in [0.25, 0.3) is 0 Å². The first-order valence-corrected chi connectivity index (χ1v) is 17.6. The summed E-state index contributed by atoms with van der Waals surface area (Å²) in [5.74, 6) is -1.69. The van der Waals surface area contributed by atoms with E-state index in [1.54, 1.807) is 6.07 Å². The lowest BCUT2D eigenvalue weighted by Gasteiger charge is -2.38. The van der Waals surface area contributed by atoms with Crippen LogP contribution in [0.5, 0.6) is 5.75 Å². The summed E-state index contributed by atoms with van der Waals surface area (Å²) in [6.45, 7) is 3.46. The molecule has 2 saturated carbocycles. The highest BCUT2D eigenvalue weighted by atomic mass is 19.4. The van der Waals surface area contributed by atoms with Gasteiger partial charge in [-0.25, -0.2) is 8.78 Å². The zero-order valence-corrected chi connectivity index (χ0v) is 27.5. The molecule has 0 radical (unpaired) electrons. The summed E-state index contributed by atoms with van der Waals surface area (Å²) < 4.78 is 117. The Labute approximate surface area is 278 Å². The van der Waals surface area contributed by atoms with E-state index in [9.17, 15) is 26.3 Å². The van der Waals surface area contributed by atoms with E-state index in [0.717, 1.165) is 32.1 Å². The van der Waals surface area contributed by atoms with Crippen molar-refractivity contribution in [3.05, 3.63) is 64.7 Å². The minimum atomic E-state index is -5.14. The van der Waals surface area contributed by atoms with Crippen LogP contribution in [0.4, 0.5) is 30.7 Å². The first kappa shape index (κ1) is 36.9. The van der Waals surface area contributed by atoms with Gasteiger partial charge in [-0.2, -0.15) is 8.78 Å². The monoisotopic (exact) mass is 688 g/mol. The molecule has 2 aromatic carbocycles. The second kappa shape index (κ2) is 16.6. The third-order valence-electron chi connectivity index (χ3n) is 10.4. The summed E-state index contributed by atoms with van der Waals surface area (Å²) in [4.78, 5) is 0. The van der Waals surface area contributed by atoms with Gasteiger partial charge < -0.3 is 18.9 Å². The second-order valence-corrected chi connectivity index (χ2v) is 13.8. The first-order valence-electron chi connectivity index (χ1n) is 17.6. The van der Waals surface area contributed by atoms with E-state index < -0.39 is 42.0 Å². The van der Waals surface area contributed by atoms with E-state index in [2.05, 4.69) is 11.7 Å². The molecule has 268 valence electrons. The van der Waals surface area contributed by atoms with Crippen molar-refractivity contribution < 1.29 is 49.7 Å². The molecule has 0 aromatic heterocycles. The number of unbranched alkanes of at least 4 members (excludes halogenated alkanes) is 4. The Kier molecular flexibility index (Phi) is 12.7. The Morgan fingerprint density at radius 1 is 0.729 bits per heavy atom. The lowest BCUT2D eigenvalue weighted by atomic mass is 9.69. The van der Waals surface area contributed by atoms with Crippen LogP contribution in [0.1, 0.15) is 126 Å². The van der Waals surface area contributed by atoms with Crippen LogP contribution in [0.15, 0.2) is 36.4 Å². The molecule has 0 unspecified atom stereocenters. The standard InChI is InChI=1S/C37H47F7O4/c1-2-3-4-5-6-7-24-22-45-35(46-23-24)28-14-18-31(32(38)20-28)27-10-8-25(9-11-27)26-12-16-30(17-13-26)47-36(40,41)29-15-19-34(33(39)21-29)48-37(42,43)44/h14-15,18-21,24-27,30,35H,2-13,16-17,22-23H2,1H3. The lowest BCUT2D eigenvalue weighted by Crippen LogP contribution is -2.32. The van der Waals surface area contributed by atoms with Crippen LogP contribution in [-0.2, 0) is 20.3 Å². The van der Waals surface area contributed by atoms with Gasteiger partial charge in [0, 0.05) is 11.5 Å². The third-order valence-corrected chi connectivity index (χ3v) is 10.4. The number of benzene rings is 2. The largest absolute Gasteiger partial charge is 0.573 e. The molecule has 5 rings (SSSR count). The number of alkyl halides is 5. The van der Waals surface area contributed by atoms with Crippen molar-refractivity contribution in [2.45, 2.75) is 128 Å². The highest BCUT2D eigenvalue weighted by Crippen LogP contribution is 2.45. The lowest BCUT2D eigenvalue weighted by molar-refractivity contribution is -0.278. The molecular weight excluding hydrogens is 641 g/mol. The molecule has 2 aliphatic carbocycles. The maximum absolute atomic E-state index is 15.3. The summed E-state index contributed by atoms with van der Waals surface area (Å²) in [6.07, 6.45) is 2.74. The van der Waals surface area contributed by atoms with Gasteiger partial charge in [0.2, 0.25) is 0 Å². The molecule has 4 nitrogen and oxygen atoms in total. The Bertz CT molecular complexity index is 1300. The Morgan fingerprint density at radius 3 is 1.98 bits per heavy atom. The van der Waals surface area contributed by atoms with Gasteiger partial charge in [-0.15, -0.1) is 13.2 Å². The normalized spacial score (nSPS) is 27.2. The van der Waals surface area contributed by atoms with Gasteiger partial charge in [0.25, 0.3) is 0 Å². The predicted molar refractivity (Wildman–Crippen MR) is 166 cm³/mol. The fourth-order valence-electron chi connectivity index (χ4n) is 7.71. The number of ether oxygens (including phenoxy) is 4. The summed E-state index contributed by atoms with van der Waals surface area (Å²) in [5, 5.41) is 0. The molecule has 1 heterocycles.